The molecule has 0 saturated heterocycles. The van der Waals surface area contributed by atoms with Crippen molar-refractivity contribution in [3.63, 3.8) is 0 Å². The van der Waals surface area contributed by atoms with E-state index >= 15 is 0 Å². The lowest BCUT2D eigenvalue weighted by Gasteiger charge is -2.19. The molecule has 26 heavy (non-hydrogen) atoms. The molecule has 0 fully saturated rings. The van der Waals surface area contributed by atoms with Crippen molar-refractivity contribution < 1.29 is 0 Å². The molecular weight excluding hydrogens is 352 g/mol. The Labute approximate surface area is 160 Å². The molecule has 3 rings (SSSR count). The second kappa shape index (κ2) is 10.6. The average molecular weight is 379 g/mol. The fourth-order valence-electron chi connectivity index (χ4n) is 3.00. The highest BCUT2D eigenvalue weighted by Gasteiger charge is 2.12. The molecule has 3 aromatic carbocycles. The maximum Gasteiger partial charge on any atom is -0.000333 e. The molecule has 134 valence electrons. The Morgan fingerprint density at radius 1 is 0.577 bits per heavy atom. The smallest absolute Gasteiger partial charge is 0.000333 e. The highest BCUT2D eigenvalue weighted by atomic mass is 31.1. The Kier molecular flexibility index (Phi) is 7.84. The SMILES string of the molecule is CP(CCNCCP(c1ccccc1)c1ccccc1)c1ccccc1. The second-order valence-corrected chi connectivity index (χ2v) is 11.0. The van der Waals surface area contributed by atoms with Crippen LogP contribution in [0.2, 0.25) is 0 Å². The van der Waals surface area contributed by atoms with E-state index in [1.165, 1.54) is 28.2 Å². The molecule has 0 amide bonds. The average Bonchev–Trinajstić information content (AvgIpc) is 2.72. The van der Waals surface area contributed by atoms with Gasteiger partial charge < -0.3 is 5.32 Å². The first-order chi connectivity index (χ1) is 12.8. The number of hydrogen-bond donors (Lipinski definition) is 1. The van der Waals surface area contributed by atoms with Crippen molar-refractivity contribution in [2.24, 2.45) is 0 Å². The van der Waals surface area contributed by atoms with Crippen LogP contribution in [-0.2, 0) is 0 Å². The van der Waals surface area contributed by atoms with Gasteiger partial charge in [-0.05, 0) is 55.9 Å². The van der Waals surface area contributed by atoms with E-state index in [0.29, 0.717) is 0 Å². The fraction of sp³-hybridized carbons (Fsp3) is 0.217. The lowest BCUT2D eigenvalue weighted by atomic mass is 10.4. The van der Waals surface area contributed by atoms with Gasteiger partial charge in [0.25, 0.3) is 0 Å². The third-order valence-corrected chi connectivity index (χ3v) is 9.06. The third kappa shape index (κ3) is 5.75. The lowest BCUT2D eigenvalue weighted by Crippen LogP contribution is -2.25. The first kappa shape index (κ1) is 19.2. The largest absolute Gasteiger partial charge is 0.316 e. The second-order valence-electron chi connectivity index (χ2n) is 6.33. The molecule has 3 aromatic rings. The summed E-state index contributed by atoms with van der Waals surface area (Å²) in [7, 11) is -0.336. The van der Waals surface area contributed by atoms with Gasteiger partial charge >= 0.3 is 0 Å². The van der Waals surface area contributed by atoms with Gasteiger partial charge in [0.2, 0.25) is 0 Å². The minimum absolute atomic E-state index is 0.0525. The lowest BCUT2D eigenvalue weighted by molar-refractivity contribution is 0.771. The van der Waals surface area contributed by atoms with Crippen molar-refractivity contribution in [3.8, 4) is 0 Å². The summed E-state index contributed by atoms with van der Waals surface area (Å²) in [6.07, 6.45) is 2.43. The summed E-state index contributed by atoms with van der Waals surface area (Å²) in [5, 5.41) is 8.13. The number of rotatable bonds is 9. The normalized spacial score (nSPS) is 12.2. The van der Waals surface area contributed by atoms with Crippen molar-refractivity contribution in [1.29, 1.82) is 0 Å². The maximum atomic E-state index is 3.69. The van der Waals surface area contributed by atoms with Gasteiger partial charge in [-0.1, -0.05) is 98.9 Å². The molecule has 3 heteroatoms. The summed E-state index contributed by atoms with van der Waals surface area (Å²) in [5.74, 6) is 0. The molecule has 0 aromatic heterocycles. The molecule has 1 atom stereocenters. The fourth-order valence-corrected chi connectivity index (χ4v) is 6.69. The predicted octanol–water partition coefficient (Wildman–Crippen LogP) is 4.15. The molecule has 0 aliphatic rings. The Balaban J connectivity index is 1.51. The third-order valence-electron chi connectivity index (χ3n) is 4.47. The Morgan fingerprint density at radius 3 is 1.50 bits per heavy atom. The molecule has 0 saturated carbocycles. The summed E-state index contributed by atoms with van der Waals surface area (Å²) in [4.78, 5) is 0. The van der Waals surface area contributed by atoms with Crippen molar-refractivity contribution >= 4 is 31.8 Å². The van der Waals surface area contributed by atoms with Crippen LogP contribution < -0.4 is 21.2 Å². The molecular formula is C23H27NP2. The molecule has 0 spiro atoms. The number of nitrogens with one attached hydrogen (secondary N) is 1. The van der Waals surface area contributed by atoms with Crippen molar-refractivity contribution in [3.05, 3.63) is 91.0 Å². The zero-order valence-corrected chi connectivity index (χ0v) is 17.2. The van der Waals surface area contributed by atoms with Crippen LogP contribution in [0.15, 0.2) is 91.0 Å². The molecule has 1 nitrogen and oxygen atoms in total. The van der Waals surface area contributed by atoms with E-state index in [9.17, 15) is 0 Å². The van der Waals surface area contributed by atoms with Gasteiger partial charge in [-0.25, -0.2) is 0 Å². The van der Waals surface area contributed by atoms with Crippen LogP contribution in [-0.4, -0.2) is 32.1 Å². The van der Waals surface area contributed by atoms with Gasteiger partial charge in [-0.15, -0.1) is 0 Å². The van der Waals surface area contributed by atoms with Crippen LogP contribution in [0.3, 0.4) is 0 Å². The summed E-state index contributed by atoms with van der Waals surface area (Å²) < 4.78 is 0. The highest BCUT2D eigenvalue weighted by molar-refractivity contribution is 7.73. The Morgan fingerprint density at radius 2 is 1.00 bits per heavy atom. The molecule has 1 N–H and O–H groups in total. The summed E-state index contributed by atoms with van der Waals surface area (Å²) in [6.45, 7) is 4.56. The predicted molar refractivity (Wildman–Crippen MR) is 121 cm³/mol. The minimum Gasteiger partial charge on any atom is -0.316 e. The minimum atomic E-state index is -0.284. The van der Waals surface area contributed by atoms with Crippen molar-refractivity contribution in [2.75, 3.05) is 32.1 Å². The molecule has 1 unspecified atom stereocenters. The Bertz CT molecular complexity index is 707. The van der Waals surface area contributed by atoms with E-state index in [1.54, 1.807) is 0 Å². The van der Waals surface area contributed by atoms with Gasteiger partial charge in [0.05, 0.1) is 0 Å². The van der Waals surface area contributed by atoms with E-state index < -0.39 is 0 Å². The van der Waals surface area contributed by atoms with Gasteiger partial charge in [-0.3, -0.25) is 0 Å². The first-order valence-corrected chi connectivity index (χ1v) is 12.7. The monoisotopic (exact) mass is 379 g/mol. The van der Waals surface area contributed by atoms with Crippen LogP contribution >= 0.6 is 15.8 Å². The first-order valence-electron chi connectivity index (χ1n) is 9.19. The van der Waals surface area contributed by atoms with Crippen LogP contribution in [0.1, 0.15) is 0 Å². The zero-order valence-electron chi connectivity index (χ0n) is 15.4. The molecule has 0 radical (unpaired) electrons. The number of hydrogen-bond acceptors (Lipinski definition) is 1. The van der Waals surface area contributed by atoms with E-state index in [2.05, 4.69) is 103 Å². The van der Waals surface area contributed by atoms with Crippen LogP contribution in [0.25, 0.3) is 0 Å². The van der Waals surface area contributed by atoms with Gasteiger partial charge in [0.1, 0.15) is 0 Å². The van der Waals surface area contributed by atoms with E-state index in [-0.39, 0.29) is 15.8 Å². The molecule has 0 aliphatic carbocycles. The van der Waals surface area contributed by atoms with Crippen LogP contribution in [0, 0.1) is 0 Å². The maximum absolute atomic E-state index is 3.69. The topological polar surface area (TPSA) is 12.0 Å². The van der Waals surface area contributed by atoms with Gasteiger partial charge in [0, 0.05) is 0 Å². The zero-order chi connectivity index (χ0) is 18.0. The quantitative estimate of drug-likeness (QED) is 0.435. The number of benzene rings is 3. The summed E-state index contributed by atoms with van der Waals surface area (Å²) >= 11 is 0. The molecule has 0 heterocycles. The van der Waals surface area contributed by atoms with Gasteiger partial charge in [0.15, 0.2) is 0 Å². The van der Waals surface area contributed by atoms with E-state index in [0.717, 1.165) is 13.1 Å². The van der Waals surface area contributed by atoms with Crippen molar-refractivity contribution in [2.45, 2.75) is 0 Å². The van der Waals surface area contributed by atoms with E-state index in [1.807, 2.05) is 0 Å². The summed E-state index contributed by atoms with van der Waals surface area (Å²) in [6, 6.07) is 32.9. The van der Waals surface area contributed by atoms with Crippen molar-refractivity contribution in [1.82, 2.24) is 5.32 Å². The van der Waals surface area contributed by atoms with E-state index in [4.69, 9.17) is 0 Å². The highest BCUT2D eigenvalue weighted by Crippen LogP contribution is 2.32. The standard InChI is InChI=1S/C23H27NP2/c1-25(21-11-5-2-6-12-21)19-17-24-18-20-26(22-13-7-3-8-14-22)23-15-9-4-10-16-23/h2-16,24H,17-20H2,1H3. The van der Waals surface area contributed by atoms with Crippen LogP contribution in [0.4, 0.5) is 0 Å². The van der Waals surface area contributed by atoms with Gasteiger partial charge in [-0.2, -0.15) is 0 Å². The Hall–Kier alpha value is -1.52. The molecule has 0 aliphatic heterocycles. The van der Waals surface area contributed by atoms with Crippen LogP contribution in [0.5, 0.6) is 0 Å². The molecule has 0 bridgehead atoms. The summed E-state index contributed by atoms with van der Waals surface area (Å²) in [5.41, 5.74) is 0.